The Labute approximate surface area is 195 Å². The molecule has 0 bridgehead atoms. The van der Waals surface area contributed by atoms with Crippen molar-refractivity contribution >= 4 is 35.5 Å². The first-order valence-electron chi connectivity index (χ1n) is 10.5. The van der Waals surface area contributed by atoms with E-state index in [2.05, 4.69) is 25.3 Å². The lowest BCUT2D eigenvalue weighted by atomic mass is 9.95. The Morgan fingerprint density at radius 2 is 1.97 bits per heavy atom. The molecule has 4 rings (SSSR count). The summed E-state index contributed by atoms with van der Waals surface area (Å²) in [5, 5.41) is 23.7. The van der Waals surface area contributed by atoms with Crippen LogP contribution in [0.4, 0.5) is 0 Å². The smallest absolute Gasteiger partial charge is 0.250 e. The first-order valence-corrected chi connectivity index (χ1v) is 11.9. The topological polar surface area (TPSA) is 92.4 Å². The number of aromatic hydroxyl groups is 1. The van der Waals surface area contributed by atoms with Crippen LogP contribution in [0.5, 0.6) is 5.75 Å². The van der Waals surface area contributed by atoms with E-state index in [4.69, 9.17) is 11.6 Å². The number of benzene rings is 2. The van der Waals surface area contributed by atoms with E-state index >= 15 is 0 Å². The molecule has 9 heteroatoms. The molecule has 166 valence electrons. The van der Waals surface area contributed by atoms with Crippen molar-refractivity contribution in [1.29, 1.82) is 0 Å². The summed E-state index contributed by atoms with van der Waals surface area (Å²) in [5.41, 5.74) is 4.18. The fourth-order valence-corrected chi connectivity index (χ4v) is 4.71. The summed E-state index contributed by atoms with van der Waals surface area (Å²) in [7, 11) is 0. The lowest BCUT2D eigenvalue weighted by molar-refractivity contribution is -0.118. The first-order chi connectivity index (χ1) is 15.6. The fraction of sp³-hybridized carbons (Fsp3) is 0.304. The molecular formula is C23H24ClN5O2S. The summed E-state index contributed by atoms with van der Waals surface area (Å²) in [4.78, 5) is 12.3. The molecule has 0 atom stereocenters. The Morgan fingerprint density at radius 3 is 2.72 bits per heavy atom. The van der Waals surface area contributed by atoms with Gasteiger partial charge >= 0.3 is 0 Å². The predicted molar refractivity (Wildman–Crippen MR) is 127 cm³/mol. The van der Waals surface area contributed by atoms with Gasteiger partial charge in [0.25, 0.3) is 5.91 Å². The maximum absolute atomic E-state index is 12.3. The molecule has 1 aromatic heterocycles. The number of thioether (sulfide) groups is 1. The Balaban J connectivity index is 1.45. The molecule has 2 aromatic carbocycles. The van der Waals surface area contributed by atoms with Crippen LogP contribution in [0.15, 0.2) is 58.8 Å². The average molecular weight is 470 g/mol. The standard InChI is InChI=1S/C23H24ClN5O2S/c24-18-11-9-17(10-12-18)22-27-28-23(29(22)19-6-2-1-3-7-19)32-15-21(31)26-25-14-16-5-4-8-20(30)13-16/h4-5,8-14,19,30H,1-3,6-7,15H2,(H,26,31)/b25-14-. The summed E-state index contributed by atoms with van der Waals surface area (Å²) in [5.74, 6) is 0.883. The molecule has 2 N–H and O–H groups in total. The number of aromatic nitrogens is 3. The third-order valence-corrected chi connectivity index (χ3v) is 6.51. The zero-order chi connectivity index (χ0) is 22.3. The molecule has 0 aliphatic heterocycles. The van der Waals surface area contributed by atoms with Crippen LogP contribution >= 0.6 is 23.4 Å². The van der Waals surface area contributed by atoms with E-state index in [1.54, 1.807) is 24.3 Å². The SMILES string of the molecule is O=C(CSc1nnc(-c2ccc(Cl)cc2)n1C1CCCCC1)N/N=C\c1cccc(O)c1. The van der Waals surface area contributed by atoms with Crippen molar-refractivity contribution in [3.8, 4) is 17.1 Å². The van der Waals surface area contributed by atoms with Gasteiger partial charge in [-0.2, -0.15) is 5.10 Å². The normalized spacial score (nSPS) is 14.7. The van der Waals surface area contributed by atoms with Crippen molar-refractivity contribution in [3.05, 3.63) is 59.1 Å². The number of halogens is 1. The summed E-state index contributed by atoms with van der Waals surface area (Å²) >= 11 is 7.40. The van der Waals surface area contributed by atoms with Gasteiger partial charge in [-0.1, -0.05) is 54.8 Å². The molecule has 0 saturated heterocycles. The van der Waals surface area contributed by atoms with Crippen molar-refractivity contribution < 1.29 is 9.90 Å². The van der Waals surface area contributed by atoms with E-state index in [1.807, 2.05) is 24.3 Å². The van der Waals surface area contributed by atoms with Crippen molar-refractivity contribution in [2.45, 2.75) is 43.3 Å². The Hall–Kier alpha value is -2.84. The van der Waals surface area contributed by atoms with Crippen LogP contribution < -0.4 is 5.43 Å². The molecule has 0 unspecified atom stereocenters. The molecule has 1 heterocycles. The van der Waals surface area contributed by atoms with E-state index in [0.29, 0.717) is 16.6 Å². The molecule has 32 heavy (non-hydrogen) atoms. The molecule has 0 spiro atoms. The molecule has 1 aliphatic rings. The zero-order valence-electron chi connectivity index (χ0n) is 17.4. The van der Waals surface area contributed by atoms with Crippen LogP contribution in [0.25, 0.3) is 11.4 Å². The molecule has 1 saturated carbocycles. The molecule has 7 nitrogen and oxygen atoms in total. The number of hydrogen-bond acceptors (Lipinski definition) is 6. The van der Waals surface area contributed by atoms with Crippen molar-refractivity contribution in [2.75, 3.05) is 5.75 Å². The highest BCUT2D eigenvalue weighted by molar-refractivity contribution is 7.99. The third-order valence-electron chi connectivity index (χ3n) is 5.31. The second-order valence-electron chi connectivity index (χ2n) is 7.65. The maximum Gasteiger partial charge on any atom is 0.250 e. The van der Waals surface area contributed by atoms with Crippen molar-refractivity contribution in [1.82, 2.24) is 20.2 Å². The number of nitrogens with zero attached hydrogens (tertiary/aromatic N) is 4. The van der Waals surface area contributed by atoms with Gasteiger partial charge in [0.05, 0.1) is 12.0 Å². The van der Waals surface area contributed by atoms with Gasteiger partial charge in [-0.05, 0) is 54.8 Å². The highest BCUT2D eigenvalue weighted by atomic mass is 35.5. The number of amides is 1. The maximum atomic E-state index is 12.3. The van der Waals surface area contributed by atoms with Gasteiger partial charge in [-0.15, -0.1) is 10.2 Å². The number of hydrogen-bond donors (Lipinski definition) is 2. The lowest BCUT2D eigenvalue weighted by Crippen LogP contribution is -2.20. The largest absolute Gasteiger partial charge is 0.508 e. The van der Waals surface area contributed by atoms with E-state index in [0.717, 1.165) is 29.4 Å². The number of phenols is 1. The van der Waals surface area contributed by atoms with Crippen molar-refractivity contribution in [3.63, 3.8) is 0 Å². The Morgan fingerprint density at radius 1 is 1.19 bits per heavy atom. The van der Waals surface area contributed by atoms with Gasteiger partial charge in [0.1, 0.15) is 5.75 Å². The quantitative estimate of drug-likeness (QED) is 0.287. The molecular weight excluding hydrogens is 446 g/mol. The van der Waals surface area contributed by atoms with Gasteiger partial charge in [0.2, 0.25) is 0 Å². The summed E-state index contributed by atoms with van der Waals surface area (Å²) in [6.07, 6.45) is 7.25. The summed E-state index contributed by atoms with van der Waals surface area (Å²) in [6.45, 7) is 0. The predicted octanol–water partition coefficient (Wildman–Crippen LogP) is 5.05. The minimum absolute atomic E-state index is 0.148. The van der Waals surface area contributed by atoms with E-state index in [1.165, 1.54) is 37.2 Å². The number of rotatable bonds is 7. The third kappa shape index (κ3) is 5.69. The molecule has 0 radical (unpaired) electrons. The van der Waals surface area contributed by atoms with Gasteiger partial charge in [-0.3, -0.25) is 9.36 Å². The van der Waals surface area contributed by atoms with Crippen LogP contribution in [0.2, 0.25) is 5.02 Å². The van der Waals surface area contributed by atoms with Gasteiger partial charge in [-0.25, -0.2) is 5.43 Å². The van der Waals surface area contributed by atoms with Gasteiger partial charge < -0.3 is 5.11 Å². The molecule has 1 fully saturated rings. The molecule has 1 aliphatic carbocycles. The molecule has 3 aromatic rings. The van der Waals surface area contributed by atoms with Crippen LogP contribution in [0.3, 0.4) is 0 Å². The highest BCUT2D eigenvalue weighted by Crippen LogP contribution is 2.35. The van der Waals surface area contributed by atoms with E-state index in [9.17, 15) is 9.90 Å². The number of carbonyl (C=O) groups is 1. The Kier molecular flexibility index (Phi) is 7.44. The average Bonchev–Trinajstić information content (AvgIpc) is 3.23. The van der Waals surface area contributed by atoms with E-state index < -0.39 is 0 Å². The highest BCUT2D eigenvalue weighted by Gasteiger charge is 2.24. The van der Waals surface area contributed by atoms with Crippen LogP contribution in [-0.4, -0.2) is 37.7 Å². The van der Waals surface area contributed by atoms with E-state index in [-0.39, 0.29) is 17.4 Å². The number of nitrogens with one attached hydrogen (secondary N) is 1. The fourth-order valence-electron chi connectivity index (χ4n) is 3.79. The number of carbonyl (C=O) groups excluding carboxylic acids is 1. The zero-order valence-corrected chi connectivity index (χ0v) is 19.0. The van der Waals surface area contributed by atoms with Gasteiger partial charge in [0.15, 0.2) is 11.0 Å². The second kappa shape index (κ2) is 10.7. The first kappa shape index (κ1) is 22.4. The number of phenolic OH excluding ortho intramolecular Hbond substituents is 1. The van der Waals surface area contributed by atoms with Crippen LogP contribution in [0, 0.1) is 0 Å². The second-order valence-corrected chi connectivity index (χ2v) is 9.03. The molecule has 1 amide bonds. The monoisotopic (exact) mass is 469 g/mol. The minimum atomic E-state index is -0.238. The van der Waals surface area contributed by atoms with Crippen molar-refractivity contribution in [2.24, 2.45) is 5.10 Å². The van der Waals surface area contributed by atoms with Crippen LogP contribution in [-0.2, 0) is 4.79 Å². The summed E-state index contributed by atoms with van der Waals surface area (Å²) in [6, 6.07) is 14.6. The van der Waals surface area contributed by atoms with Gasteiger partial charge in [0, 0.05) is 16.6 Å². The Bertz CT molecular complexity index is 1090. The van der Waals surface area contributed by atoms with Crippen LogP contribution in [0.1, 0.15) is 43.7 Å². The lowest BCUT2D eigenvalue weighted by Gasteiger charge is -2.25. The summed E-state index contributed by atoms with van der Waals surface area (Å²) < 4.78 is 2.18. The number of hydrazone groups is 1. The minimum Gasteiger partial charge on any atom is -0.508 e.